The molecule has 2 aliphatic carbocycles. The minimum Gasteiger partial charge on any atom is -0.478 e. The molecule has 3 unspecified atom stereocenters. The van der Waals surface area contributed by atoms with E-state index in [0.717, 1.165) is 24.3 Å². The van der Waals surface area contributed by atoms with E-state index in [9.17, 15) is 4.79 Å². The fraction of sp³-hybridized carbons (Fsp3) is 0.643. The molecule has 1 heterocycles. The summed E-state index contributed by atoms with van der Waals surface area (Å²) >= 11 is 0. The van der Waals surface area contributed by atoms with Crippen molar-refractivity contribution in [2.24, 2.45) is 17.8 Å². The molecular weight excluding hydrogens is 242 g/mol. The minimum atomic E-state index is -0.961. The van der Waals surface area contributed by atoms with E-state index < -0.39 is 5.97 Å². The van der Waals surface area contributed by atoms with Crippen molar-refractivity contribution in [2.45, 2.75) is 32.2 Å². The van der Waals surface area contributed by atoms with Gasteiger partial charge >= 0.3 is 5.97 Å². The van der Waals surface area contributed by atoms with E-state index >= 15 is 0 Å². The summed E-state index contributed by atoms with van der Waals surface area (Å²) in [7, 11) is 0. The van der Waals surface area contributed by atoms with Crippen molar-refractivity contribution in [3.63, 3.8) is 0 Å². The molecule has 2 saturated carbocycles. The summed E-state index contributed by atoms with van der Waals surface area (Å²) in [6.45, 7) is 1.49. The highest BCUT2D eigenvalue weighted by Gasteiger charge is 2.38. The van der Waals surface area contributed by atoms with Crippen LogP contribution in [-0.2, 0) is 6.54 Å². The molecular formula is C14H19N3O2. The predicted octanol–water partition coefficient (Wildman–Crippen LogP) is 1.70. The standard InChI is InChI=1S/C14H19N3O2/c18-14(19)12-6-16-8-17-13(12)7-15-5-11-4-9-1-2-10(11)3-9/h6,8-11,15H,1-5,7H2,(H,18,19). The van der Waals surface area contributed by atoms with E-state index in [2.05, 4.69) is 15.3 Å². The monoisotopic (exact) mass is 261 g/mol. The first kappa shape index (κ1) is 12.5. The van der Waals surface area contributed by atoms with Crippen LogP contribution in [0.5, 0.6) is 0 Å². The first-order chi connectivity index (χ1) is 9.24. The number of hydrogen-bond acceptors (Lipinski definition) is 4. The molecule has 2 bridgehead atoms. The third kappa shape index (κ3) is 2.61. The Kier molecular flexibility index (Phi) is 3.46. The lowest BCUT2D eigenvalue weighted by molar-refractivity contribution is 0.0694. The Balaban J connectivity index is 1.54. The van der Waals surface area contributed by atoms with E-state index in [1.165, 1.54) is 38.2 Å². The van der Waals surface area contributed by atoms with Crippen molar-refractivity contribution in [1.29, 1.82) is 0 Å². The summed E-state index contributed by atoms with van der Waals surface area (Å²) in [5.74, 6) is 1.65. The van der Waals surface area contributed by atoms with E-state index in [1.54, 1.807) is 0 Å². The zero-order chi connectivity index (χ0) is 13.2. The van der Waals surface area contributed by atoms with Gasteiger partial charge in [-0.1, -0.05) is 6.42 Å². The van der Waals surface area contributed by atoms with Gasteiger partial charge in [-0.05, 0) is 43.6 Å². The summed E-state index contributed by atoms with van der Waals surface area (Å²) in [5, 5.41) is 12.4. The molecule has 0 radical (unpaired) electrons. The highest BCUT2D eigenvalue weighted by molar-refractivity contribution is 5.88. The van der Waals surface area contributed by atoms with Crippen LogP contribution in [0.1, 0.15) is 41.7 Å². The van der Waals surface area contributed by atoms with Crippen LogP contribution >= 0.6 is 0 Å². The average Bonchev–Trinajstić information content (AvgIpc) is 3.01. The molecule has 5 heteroatoms. The van der Waals surface area contributed by atoms with Crippen LogP contribution in [0.2, 0.25) is 0 Å². The predicted molar refractivity (Wildman–Crippen MR) is 69.6 cm³/mol. The molecule has 3 atom stereocenters. The summed E-state index contributed by atoms with van der Waals surface area (Å²) in [4.78, 5) is 18.9. The number of hydrogen-bond donors (Lipinski definition) is 2. The number of fused-ring (bicyclic) bond motifs is 2. The fourth-order valence-electron chi connectivity index (χ4n) is 3.68. The molecule has 1 aromatic rings. The van der Waals surface area contributed by atoms with Gasteiger partial charge in [0.1, 0.15) is 11.9 Å². The van der Waals surface area contributed by atoms with Gasteiger partial charge in [-0.3, -0.25) is 0 Å². The quantitative estimate of drug-likeness (QED) is 0.843. The normalized spacial score (nSPS) is 28.7. The number of nitrogens with one attached hydrogen (secondary N) is 1. The smallest absolute Gasteiger partial charge is 0.339 e. The Bertz CT molecular complexity index is 478. The van der Waals surface area contributed by atoms with Gasteiger partial charge in [-0.25, -0.2) is 14.8 Å². The van der Waals surface area contributed by atoms with Gasteiger partial charge in [-0.15, -0.1) is 0 Å². The SMILES string of the molecule is O=C(O)c1cncnc1CNCC1CC2CCC1C2. The van der Waals surface area contributed by atoms with Crippen LogP contribution in [0.25, 0.3) is 0 Å². The number of nitrogens with zero attached hydrogens (tertiary/aromatic N) is 2. The molecule has 0 aromatic carbocycles. The van der Waals surface area contributed by atoms with E-state index in [-0.39, 0.29) is 5.56 Å². The molecule has 2 fully saturated rings. The second-order valence-corrected chi connectivity index (χ2v) is 5.75. The molecule has 2 aliphatic rings. The van der Waals surface area contributed by atoms with E-state index in [1.807, 2.05) is 0 Å². The number of aromatic carboxylic acids is 1. The van der Waals surface area contributed by atoms with Crippen LogP contribution in [0, 0.1) is 17.8 Å². The van der Waals surface area contributed by atoms with Gasteiger partial charge in [0, 0.05) is 12.7 Å². The summed E-state index contributed by atoms with van der Waals surface area (Å²) in [6.07, 6.45) is 8.31. The topological polar surface area (TPSA) is 75.1 Å². The second-order valence-electron chi connectivity index (χ2n) is 5.75. The van der Waals surface area contributed by atoms with Crippen LogP contribution in [0.4, 0.5) is 0 Å². The van der Waals surface area contributed by atoms with Crippen molar-refractivity contribution in [2.75, 3.05) is 6.54 Å². The first-order valence-electron chi connectivity index (χ1n) is 6.97. The van der Waals surface area contributed by atoms with Crippen molar-refractivity contribution in [1.82, 2.24) is 15.3 Å². The van der Waals surface area contributed by atoms with Gasteiger partial charge in [0.05, 0.1) is 5.69 Å². The lowest BCUT2D eigenvalue weighted by atomic mass is 9.89. The number of carbonyl (C=O) groups is 1. The van der Waals surface area contributed by atoms with Crippen LogP contribution in [-0.4, -0.2) is 27.6 Å². The molecule has 19 heavy (non-hydrogen) atoms. The van der Waals surface area contributed by atoms with Gasteiger partial charge < -0.3 is 10.4 Å². The minimum absolute atomic E-state index is 0.197. The van der Waals surface area contributed by atoms with Crippen LogP contribution in [0.15, 0.2) is 12.5 Å². The van der Waals surface area contributed by atoms with Crippen molar-refractivity contribution < 1.29 is 9.90 Å². The van der Waals surface area contributed by atoms with E-state index in [4.69, 9.17) is 5.11 Å². The lowest BCUT2D eigenvalue weighted by Crippen LogP contribution is -2.27. The first-order valence-corrected chi connectivity index (χ1v) is 6.97. The Morgan fingerprint density at radius 3 is 3.00 bits per heavy atom. The number of carboxylic acids is 1. The van der Waals surface area contributed by atoms with Crippen molar-refractivity contribution in [3.05, 3.63) is 23.8 Å². The van der Waals surface area contributed by atoms with Crippen LogP contribution in [0.3, 0.4) is 0 Å². The molecule has 2 N–H and O–H groups in total. The summed E-state index contributed by atoms with van der Waals surface area (Å²) in [6, 6.07) is 0. The van der Waals surface area contributed by atoms with Gasteiger partial charge in [-0.2, -0.15) is 0 Å². The average molecular weight is 261 g/mol. The Hall–Kier alpha value is -1.49. The molecule has 0 aliphatic heterocycles. The molecule has 3 rings (SSSR count). The highest BCUT2D eigenvalue weighted by Crippen LogP contribution is 2.47. The maximum Gasteiger partial charge on any atom is 0.339 e. The van der Waals surface area contributed by atoms with Crippen molar-refractivity contribution in [3.8, 4) is 0 Å². The van der Waals surface area contributed by atoms with E-state index in [0.29, 0.717) is 12.2 Å². The molecule has 102 valence electrons. The van der Waals surface area contributed by atoms with Gasteiger partial charge in [0.25, 0.3) is 0 Å². The van der Waals surface area contributed by atoms with Crippen LogP contribution < -0.4 is 5.32 Å². The molecule has 0 amide bonds. The maximum absolute atomic E-state index is 11.0. The third-order valence-electron chi connectivity index (χ3n) is 4.61. The van der Waals surface area contributed by atoms with Gasteiger partial charge in [0.15, 0.2) is 0 Å². The molecule has 0 spiro atoms. The fourth-order valence-corrected chi connectivity index (χ4v) is 3.68. The highest BCUT2D eigenvalue weighted by atomic mass is 16.4. The zero-order valence-corrected chi connectivity index (χ0v) is 10.9. The molecule has 0 saturated heterocycles. The third-order valence-corrected chi connectivity index (χ3v) is 4.61. The number of carboxylic acid groups (broad SMARTS) is 1. The summed E-state index contributed by atoms with van der Waals surface area (Å²) in [5.41, 5.74) is 0.772. The molecule has 1 aromatic heterocycles. The van der Waals surface area contributed by atoms with Gasteiger partial charge in [0.2, 0.25) is 0 Å². The Morgan fingerprint density at radius 1 is 1.42 bits per heavy atom. The Morgan fingerprint density at radius 2 is 2.32 bits per heavy atom. The van der Waals surface area contributed by atoms with Crippen molar-refractivity contribution >= 4 is 5.97 Å². The summed E-state index contributed by atoms with van der Waals surface area (Å²) < 4.78 is 0. The largest absolute Gasteiger partial charge is 0.478 e. The second kappa shape index (κ2) is 5.25. The lowest BCUT2D eigenvalue weighted by Gasteiger charge is -2.21. The number of rotatable bonds is 5. The maximum atomic E-state index is 11.0. The number of aromatic nitrogens is 2. The Labute approximate surface area is 112 Å². The zero-order valence-electron chi connectivity index (χ0n) is 10.9. The molecule has 5 nitrogen and oxygen atoms in total.